The normalized spacial score (nSPS) is 13.9. The molecule has 3 aromatic rings. The van der Waals surface area contributed by atoms with Gasteiger partial charge in [0.05, 0.1) is 37.5 Å². The molecular weight excluding hydrogens is 380 g/mol. The van der Waals surface area contributed by atoms with Crippen LogP contribution in [0.5, 0.6) is 5.75 Å². The molecule has 0 unspecified atom stereocenters. The molecule has 2 aromatic heterocycles. The van der Waals surface area contributed by atoms with Gasteiger partial charge in [0.25, 0.3) is 0 Å². The van der Waals surface area contributed by atoms with Crippen LogP contribution in [0.4, 0.5) is 11.5 Å². The molecule has 30 heavy (non-hydrogen) atoms. The first kappa shape index (κ1) is 21.9. The van der Waals surface area contributed by atoms with Crippen LogP contribution in [0.3, 0.4) is 0 Å². The number of rotatable bonds is 6. The maximum absolute atomic E-state index is 13.0. The third kappa shape index (κ3) is 4.21. The van der Waals surface area contributed by atoms with Crippen LogP contribution in [-0.4, -0.2) is 32.9 Å². The predicted molar refractivity (Wildman–Crippen MR) is 121 cm³/mol. The van der Waals surface area contributed by atoms with Gasteiger partial charge in [-0.3, -0.25) is 9.13 Å². The SMILES string of the molecule is CC.COc1ccc(Nc2cc3c(cn2)n(CCO)c(=O)n3C2CCCC2)c(C)c1. The first-order chi connectivity index (χ1) is 14.6. The Hall–Kier alpha value is -2.80. The molecule has 0 aliphatic heterocycles. The van der Waals surface area contributed by atoms with Gasteiger partial charge in [0.2, 0.25) is 0 Å². The van der Waals surface area contributed by atoms with Crippen LogP contribution in [0, 0.1) is 6.92 Å². The lowest BCUT2D eigenvalue weighted by Gasteiger charge is -2.13. The number of aliphatic hydroxyl groups is 1. The van der Waals surface area contributed by atoms with E-state index in [0.29, 0.717) is 5.82 Å². The second kappa shape index (κ2) is 9.80. The number of hydrogen-bond acceptors (Lipinski definition) is 5. The van der Waals surface area contributed by atoms with Crippen molar-refractivity contribution in [2.24, 2.45) is 0 Å². The number of nitrogens with zero attached hydrogens (tertiary/aromatic N) is 3. The number of hydrogen-bond donors (Lipinski definition) is 2. The lowest BCUT2D eigenvalue weighted by molar-refractivity contribution is 0.275. The van der Waals surface area contributed by atoms with Gasteiger partial charge in [-0.15, -0.1) is 0 Å². The average Bonchev–Trinajstić information content (AvgIpc) is 3.38. The van der Waals surface area contributed by atoms with E-state index in [4.69, 9.17) is 4.74 Å². The predicted octanol–water partition coefficient (Wildman–Crippen LogP) is 4.39. The highest BCUT2D eigenvalue weighted by molar-refractivity contribution is 5.79. The van der Waals surface area contributed by atoms with Crippen molar-refractivity contribution in [2.45, 2.75) is 59.0 Å². The van der Waals surface area contributed by atoms with Gasteiger partial charge in [0.1, 0.15) is 11.6 Å². The molecule has 0 atom stereocenters. The Labute approximate surface area is 177 Å². The zero-order chi connectivity index (χ0) is 21.7. The monoisotopic (exact) mass is 412 g/mol. The number of pyridine rings is 1. The molecule has 1 saturated carbocycles. The Morgan fingerprint density at radius 1 is 1.20 bits per heavy atom. The maximum Gasteiger partial charge on any atom is 0.329 e. The zero-order valence-electron chi connectivity index (χ0n) is 18.3. The third-order valence-electron chi connectivity index (χ3n) is 5.56. The first-order valence-electron chi connectivity index (χ1n) is 10.8. The van der Waals surface area contributed by atoms with Crippen LogP contribution in [0.2, 0.25) is 0 Å². The van der Waals surface area contributed by atoms with E-state index in [1.165, 1.54) is 0 Å². The van der Waals surface area contributed by atoms with E-state index in [1.54, 1.807) is 17.9 Å². The first-order valence-corrected chi connectivity index (χ1v) is 10.8. The van der Waals surface area contributed by atoms with Gasteiger partial charge in [0, 0.05) is 17.8 Å². The molecule has 0 radical (unpaired) electrons. The number of imidazole rings is 1. The number of anilines is 2. The topological polar surface area (TPSA) is 81.3 Å². The van der Waals surface area contributed by atoms with Crippen molar-refractivity contribution in [3.63, 3.8) is 0 Å². The fourth-order valence-corrected chi connectivity index (χ4v) is 4.12. The molecule has 4 rings (SSSR count). The number of fused-ring (bicyclic) bond motifs is 1. The molecule has 1 fully saturated rings. The Morgan fingerprint density at radius 3 is 2.57 bits per heavy atom. The van der Waals surface area contributed by atoms with E-state index in [2.05, 4.69) is 10.3 Å². The summed E-state index contributed by atoms with van der Waals surface area (Å²) < 4.78 is 8.79. The summed E-state index contributed by atoms with van der Waals surface area (Å²) in [5.74, 6) is 1.50. The zero-order valence-corrected chi connectivity index (χ0v) is 18.3. The van der Waals surface area contributed by atoms with Crippen molar-refractivity contribution in [1.82, 2.24) is 14.1 Å². The molecule has 0 saturated heterocycles. The summed E-state index contributed by atoms with van der Waals surface area (Å²) in [6.07, 6.45) is 6.04. The summed E-state index contributed by atoms with van der Waals surface area (Å²) in [6, 6.07) is 7.98. The quantitative estimate of drug-likeness (QED) is 0.627. The van der Waals surface area contributed by atoms with Crippen molar-refractivity contribution in [3.05, 3.63) is 46.5 Å². The Kier molecular flexibility index (Phi) is 7.15. The molecule has 0 spiro atoms. The van der Waals surface area contributed by atoms with Crippen molar-refractivity contribution in [1.29, 1.82) is 0 Å². The minimum Gasteiger partial charge on any atom is -0.497 e. The molecule has 2 N–H and O–H groups in total. The van der Waals surface area contributed by atoms with Crippen molar-refractivity contribution >= 4 is 22.5 Å². The molecule has 1 aromatic carbocycles. The Balaban J connectivity index is 0.00000124. The Bertz CT molecular complexity index is 1050. The van der Waals surface area contributed by atoms with Crippen LogP contribution in [-0.2, 0) is 6.54 Å². The maximum atomic E-state index is 13.0. The molecule has 7 nitrogen and oxygen atoms in total. The summed E-state index contributed by atoms with van der Waals surface area (Å²) >= 11 is 0. The molecule has 7 heteroatoms. The second-order valence-corrected chi connectivity index (χ2v) is 7.33. The van der Waals surface area contributed by atoms with Gasteiger partial charge in [-0.05, 0) is 43.5 Å². The van der Waals surface area contributed by atoms with E-state index in [-0.39, 0.29) is 24.9 Å². The number of methoxy groups -OCH3 is 1. The van der Waals surface area contributed by atoms with Crippen LogP contribution < -0.4 is 15.7 Å². The van der Waals surface area contributed by atoms with Gasteiger partial charge in [-0.1, -0.05) is 26.7 Å². The lowest BCUT2D eigenvalue weighted by Crippen LogP contribution is -2.27. The molecule has 162 valence electrons. The van der Waals surface area contributed by atoms with Crippen molar-refractivity contribution in [3.8, 4) is 5.75 Å². The van der Waals surface area contributed by atoms with Gasteiger partial charge < -0.3 is 15.2 Å². The van der Waals surface area contributed by atoms with E-state index >= 15 is 0 Å². The van der Waals surface area contributed by atoms with E-state index in [9.17, 15) is 9.90 Å². The summed E-state index contributed by atoms with van der Waals surface area (Å²) in [6.45, 7) is 6.21. The number of ether oxygens (including phenoxy) is 1. The molecule has 0 amide bonds. The minimum absolute atomic E-state index is 0.0597. The average molecular weight is 413 g/mol. The number of nitrogens with one attached hydrogen (secondary N) is 1. The third-order valence-corrected chi connectivity index (χ3v) is 5.56. The highest BCUT2D eigenvalue weighted by Crippen LogP contribution is 2.32. The Morgan fingerprint density at radius 2 is 1.93 bits per heavy atom. The van der Waals surface area contributed by atoms with Gasteiger partial charge in [0.15, 0.2) is 0 Å². The smallest absolute Gasteiger partial charge is 0.329 e. The lowest BCUT2D eigenvalue weighted by atomic mass is 10.2. The van der Waals surface area contributed by atoms with Gasteiger partial charge in [-0.25, -0.2) is 9.78 Å². The largest absolute Gasteiger partial charge is 0.497 e. The highest BCUT2D eigenvalue weighted by atomic mass is 16.5. The highest BCUT2D eigenvalue weighted by Gasteiger charge is 2.24. The van der Waals surface area contributed by atoms with Gasteiger partial charge >= 0.3 is 5.69 Å². The van der Waals surface area contributed by atoms with Crippen molar-refractivity contribution < 1.29 is 9.84 Å². The fourth-order valence-electron chi connectivity index (χ4n) is 4.12. The van der Waals surface area contributed by atoms with E-state index in [1.807, 2.05) is 49.6 Å². The fraction of sp³-hybridized carbons (Fsp3) is 0.478. The number of aromatic nitrogens is 3. The van der Waals surface area contributed by atoms with Crippen LogP contribution in [0.25, 0.3) is 11.0 Å². The molecule has 1 aliphatic carbocycles. The molecule has 0 bridgehead atoms. The van der Waals surface area contributed by atoms with Gasteiger partial charge in [-0.2, -0.15) is 0 Å². The van der Waals surface area contributed by atoms with Crippen molar-refractivity contribution in [2.75, 3.05) is 19.0 Å². The number of aryl methyl sites for hydroxylation is 1. The standard InChI is InChI=1S/C21H26N4O3.C2H6/c1-14-11-16(28-2)7-8-17(14)23-20-12-18-19(13-22-20)24(9-10-26)21(27)25(18)15-5-3-4-6-15;1-2/h7-8,11-13,15,26H,3-6,9-10H2,1-2H3,(H,22,23);1-2H3. The number of benzene rings is 1. The molecule has 1 aliphatic rings. The van der Waals surface area contributed by atoms with Crippen LogP contribution in [0.1, 0.15) is 51.1 Å². The van der Waals surface area contributed by atoms with E-state index in [0.717, 1.165) is 53.7 Å². The minimum atomic E-state index is -0.0747. The summed E-state index contributed by atoms with van der Waals surface area (Å²) in [5.41, 5.74) is 3.57. The summed E-state index contributed by atoms with van der Waals surface area (Å²) in [7, 11) is 1.65. The summed E-state index contributed by atoms with van der Waals surface area (Å²) in [4.78, 5) is 17.5. The van der Waals surface area contributed by atoms with Crippen LogP contribution >= 0.6 is 0 Å². The van der Waals surface area contributed by atoms with Crippen LogP contribution in [0.15, 0.2) is 35.3 Å². The molecular formula is C23H32N4O3. The number of aliphatic hydroxyl groups excluding tert-OH is 1. The van der Waals surface area contributed by atoms with E-state index < -0.39 is 0 Å². The second-order valence-electron chi connectivity index (χ2n) is 7.33. The summed E-state index contributed by atoms with van der Waals surface area (Å²) in [5, 5.41) is 12.7. The molecule has 2 heterocycles.